The summed E-state index contributed by atoms with van der Waals surface area (Å²) in [4.78, 5) is 11.9. The molecule has 1 aliphatic rings. The van der Waals surface area contributed by atoms with Gasteiger partial charge in [-0.1, -0.05) is 0 Å². The molecule has 0 bridgehead atoms. The van der Waals surface area contributed by atoms with E-state index in [1.165, 1.54) is 0 Å². The van der Waals surface area contributed by atoms with Crippen LogP contribution in [-0.2, 0) is 9.53 Å². The molecule has 1 aromatic rings. The number of methoxy groups -OCH3 is 2. The van der Waals surface area contributed by atoms with E-state index in [4.69, 9.17) is 14.2 Å². The molecule has 0 spiro atoms. The van der Waals surface area contributed by atoms with Gasteiger partial charge in [0.05, 0.1) is 20.8 Å². The van der Waals surface area contributed by atoms with Crippen molar-refractivity contribution < 1.29 is 19.0 Å². The third-order valence-corrected chi connectivity index (χ3v) is 3.42. The Labute approximate surface area is 124 Å². The smallest absolute Gasteiger partial charge is 0.239 e. The molecule has 0 aliphatic carbocycles. The molecule has 0 atom stereocenters. The van der Waals surface area contributed by atoms with Gasteiger partial charge in [0.25, 0.3) is 0 Å². The van der Waals surface area contributed by atoms with Gasteiger partial charge in [0, 0.05) is 31.0 Å². The number of amides is 1. The minimum atomic E-state index is -0.0170. The summed E-state index contributed by atoms with van der Waals surface area (Å²) < 4.78 is 15.7. The van der Waals surface area contributed by atoms with Crippen LogP contribution < -0.4 is 20.1 Å². The van der Waals surface area contributed by atoms with Crippen LogP contribution in [0.25, 0.3) is 0 Å². The van der Waals surface area contributed by atoms with E-state index >= 15 is 0 Å². The van der Waals surface area contributed by atoms with Crippen molar-refractivity contribution in [1.29, 1.82) is 0 Å². The van der Waals surface area contributed by atoms with Crippen molar-refractivity contribution >= 4 is 11.6 Å². The van der Waals surface area contributed by atoms with Crippen molar-refractivity contribution in [2.75, 3.05) is 39.3 Å². The van der Waals surface area contributed by atoms with Crippen LogP contribution in [0.1, 0.15) is 12.8 Å². The number of nitrogens with one attached hydrogen (secondary N) is 2. The summed E-state index contributed by atoms with van der Waals surface area (Å²) in [6.07, 6.45) is 1.75. The first-order valence-corrected chi connectivity index (χ1v) is 7.06. The molecule has 6 nitrogen and oxygen atoms in total. The fourth-order valence-electron chi connectivity index (χ4n) is 2.25. The lowest BCUT2D eigenvalue weighted by molar-refractivity contribution is -0.120. The van der Waals surface area contributed by atoms with Gasteiger partial charge in [0.1, 0.15) is 0 Å². The Bertz CT molecular complexity index is 473. The molecule has 2 rings (SSSR count). The van der Waals surface area contributed by atoms with E-state index in [0.717, 1.165) is 18.5 Å². The predicted octanol–water partition coefficient (Wildman–Crippen LogP) is 1.41. The molecule has 6 heteroatoms. The average molecular weight is 294 g/mol. The van der Waals surface area contributed by atoms with E-state index < -0.39 is 0 Å². The zero-order valence-electron chi connectivity index (χ0n) is 12.5. The van der Waals surface area contributed by atoms with Crippen LogP contribution in [0.3, 0.4) is 0 Å². The molecule has 1 heterocycles. The lowest BCUT2D eigenvalue weighted by Crippen LogP contribution is -2.41. The molecule has 1 saturated heterocycles. The van der Waals surface area contributed by atoms with Crippen LogP contribution in [0.15, 0.2) is 18.2 Å². The molecular weight excluding hydrogens is 272 g/mol. The number of anilines is 1. The van der Waals surface area contributed by atoms with Crippen molar-refractivity contribution in [2.45, 2.75) is 18.9 Å². The van der Waals surface area contributed by atoms with E-state index in [0.29, 0.717) is 24.7 Å². The van der Waals surface area contributed by atoms with Gasteiger partial charge >= 0.3 is 0 Å². The number of benzene rings is 1. The van der Waals surface area contributed by atoms with E-state index in [1.807, 2.05) is 6.07 Å². The summed E-state index contributed by atoms with van der Waals surface area (Å²) in [6, 6.07) is 5.68. The normalized spacial score (nSPS) is 15.3. The fraction of sp³-hybridized carbons (Fsp3) is 0.533. The molecule has 1 fully saturated rings. The summed E-state index contributed by atoms with van der Waals surface area (Å²) in [7, 11) is 3.17. The van der Waals surface area contributed by atoms with Crippen LogP contribution >= 0.6 is 0 Å². The summed E-state index contributed by atoms with van der Waals surface area (Å²) in [5.41, 5.74) is 0.815. The number of rotatable bonds is 6. The molecule has 21 heavy (non-hydrogen) atoms. The maximum Gasteiger partial charge on any atom is 0.239 e. The third-order valence-electron chi connectivity index (χ3n) is 3.42. The van der Waals surface area contributed by atoms with Gasteiger partial charge in [-0.25, -0.2) is 0 Å². The molecular formula is C15H22N2O4. The quantitative estimate of drug-likeness (QED) is 0.830. The molecule has 1 aromatic carbocycles. The highest BCUT2D eigenvalue weighted by Gasteiger charge is 2.15. The van der Waals surface area contributed by atoms with Crippen molar-refractivity contribution in [1.82, 2.24) is 5.32 Å². The highest BCUT2D eigenvalue weighted by Crippen LogP contribution is 2.29. The van der Waals surface area contributed by atoms with Crippen molar-refractivity contribution in [3.8, 4) is 11.5 Å². The second kappa shape index (κ2) is 7.73. The van der Waals surface area contributed by atoms with Gasteiger partial charge in [-0.05, 0) is 25.0 Å². The maximum atomic E-state index is 11.9. The second-order valence-electron chi connectivity index (χ2n) is 4.88. The lowest BCUT2D eigenvalue weighted by atomic mass is 10.1. The van der Waals surface area contributed by atoms with Gasteiger partial charge in [0.2, 0.25) is 5.91 Å². The topological polar surface area (TPSA) is 68.8 Å². The first-order valence-electron chi connectivity index (χ1n) is 7.06. The summed E-state index contributed by atoms with van der Waals surface area (Å²) in [5, 5.41) is 6.08. The molecule has 116 valence electrons. The lowest BCUT2D eigenvalue weighted by Gasteiger charge is -2.23. The Balaban J connectivity index is 1.83. The van der Waals surface area contributed by atoms with Crippen molar-refractivity contribution in [2.24, 2.45) is 0 Å². The number of carbonyl (C=O) groups is 1. The fourth-order valence-corrected chi connectivity index (χ4v) is 2.25. The third kappa shape index (κ3) is 4.53. The molecule has 2 N–H and O–H groups in total. The monoisotopic (exact) mass is 294 g/mol. The minimum Gasteiger partial charge on any atom is -0.493 e. The Hall–Kier alpha value is -1.95. The predicted molar refractivity (Wildman–Crippen MR) is 80.0 cm³/mol. The summed E-state index contributed by atoms with van der Waals surface area (Å²) >= 11 is 0. The molecule has 0 saturated carbocycles. The van der Waals surface area contributed by atoms with E-state index in [1.54, 1.807) is 26.4 Å². The van der Waals surface area contributed by atoms with E-state index in [2.05, 4.69) is 10.6 Å². The second-order valence-corrected chi connectivity index (χ2v) is 4.88. The Morgan fingerprint density at radius 3 is 2.62 bits per heavy atom. The number of ether oxygens (including phenoxy) is 3. The molecule has 0 unspecified atom stereocenters. The Morgan fingerprint density at radius 1 is 1.24 bits per heavy atom. The largest absolute Gasteiger partial charge is 0.493 e. The zero-order chi connectivity index (χ0) is 15.1. The van der Waals surface area contributed by atoms with Crippen LogP contribution in [0.4, 0.5) is 5.69 Å². The van der Waals surface area contributed by atoms with Gasteiger partial charge in [-0.15, -0.1) is 0 Å². The van der Waals surface area contributed by atoms with Crippen LogP contribution in [0.2, 0.25) is 0 Å². The van der Waals surface area contributed by atoms with E-state index in [-0.39, 0.29) is 18.5 Å². The molecule has 1 amide bonds. The summed E-state index contributed by atoms with van der Waals surface area (Å²) in [5.74, 6) is 1.28. The van der Waals surface area contributed by atoms with Gasteiger partial charge < -0.3 is 24.8 Å². The van der Waals surface area contributed by atoms with E-state index in [9.17, 15) is 4.79 Å². The Kier molecular flexibility index (Phi) is 5.68. The van der Waals surface area contributed by atoms with Gasteiger partial charge in [-0.2, -0.15) is 0 Å². The molecule has 0 aromatic heterocycles. The van der Waals surface area contributed by atoms with Crippen molar-refractivity contribution in [3.63, 3.8) is 0 Å². The number of hydrogen-bond donors (Lipinski definition) is 2. The zero-order valence-corrected chi connectivity index (χ0v) is 12.5. The van der Waals surface area contributed by atoms with Crippen LogP contribution in [0, 0.1) is 0 Å². The highest BCUT2D eigenvalue weighted by atomic mass is 16.5. The standard InChI is InChI=1S/C15H22N2O4/c1-19-13-4-3-12(9-14(13)20-2)16-10-15(18)17-11-5-7-21-8-6-11/h3-4,9,11,16H,5-8,10H2,1-2H3,(H,17,18). The molecule has 1 aliphatic heterocycles. The SMILES string of the molecule is COc1ccc(NCC(=O)NC2CCOCC2)cc1OC. The number of carbonyl (C=O) groups excluding carboxylic acids is 1. The number of hydrogen-bond acceptors (Lipinski definition) is 5. The maximum absolute atomic E-state index is 11.9. The molecule has 0 radical (unpaired) electrons. The minimum absolute atomic E-state index is 0.0170. The van der Waals surface area contributed by atoms with Gasteiger partial charge in [0.15, 0.2) is 11.5 Å². The summed E-state index contributed by atoms with van der Waals surface area (Å²) in [6.45, 7) is 1.66. The van der Waals surface area contributed by atoms with Crippen LogP contribution in [-0.4, -0.2) is 45.9 Å². The first-order chi connectivity index (χ1) is 10.2. The van der Waals surface area contributed by atoms with Gasteiger partial charge in [-0.3, -0.25) is 4.79 Å². The first kappa shape index (κ1) is 15.4. The van der Waals surface area contributed by atoms with Crippen LogP contribution in [0.5, 0.6) is 11.5 Å². The average Bonchev–Trinajstić information content (AvgIpc) is 2.53. The highest BCUT2D eigenvalue weighted by molar-refractivity contribution is 5.81. The van der Waals surface area contributed by atoms with Crippen molar-refractivity contribution in [3.05, 3.63) is 18.2 Å². The Morgan fingerprint density at radius 2 is 1.95 bits per heavy atom.